The fourth-order valence-electron chi connectivity index (χ4n) is 3.04. The predicted octanol–water partition coefficient (Wildman–Crippen LogP) is 6.66. The number of nitrogens with zero attached hydrogens (tertiary/aromatic N) is 2. The van der Waals surface area contributed by atoms with Crippen LogP contribution in [-0.4, -0.2) is 24.8 Å². The first kappa shape index (κ1) is 21.2. The second-order valence-electron chi connectivity index (χ2n) is 7.19. The van der Waals surface area contributed by atoms with Crippen molar-refractivity contribution in [3.05, 3.63) is 67.8 Å². The molecule has 0 saturated heterocycles. The third-order valence-corrected chi connectivity index (χ3v) is 6.01. The van der Waals surface area contributed by atoms with Crippen molar-refractivity contribution < 1.29 is 0 Å². The van der Waals surface area contributed by atoms with E-state index in [4.69, 9.17) is 0 Å². The number of hydrogen-bond acceptors (Lipinski definition) is 1. The maximum Gasteiger partial charge on any atom is 0.0909 e. The molecule has 4 heteroatoms. The molecule has 0 amide bonds. The summed E-state index contributed by atoms with van der Waals surface area (Å²) in [6.07, 6.45) is 7.24. The molecule has 0 radical (unpaired) electrons. The summed E-state index contributed by atoms with van der Waals surface area (Å²) in [7, 11) is 2.03. The number of fused-ring (bicyclic) bond motifs is 1. The van der Waals surface area contributed by atoms with Gasteiger partial charge in [0.2, 0.25) is 0 Å². The van der Waals surface area contributed by atoms with Gasteiger partial charge in [0.05, 0.1) is 12.0 Å². The Kier molecular flexibility index (Phi) is 7.90. The Labute approximate surface area is 175 Å². The first-order valence-electron chi connectivity index (χ1n) is 9.04. The van der Waals surface area contributed by atoms with Gasteiger partial charge in [0, 0.05) is 22.5 Å². The van der Waals surface area contributed by atoms with E-state index >= 15 is 0 Å². The van der Waals surface area contributed by atoms with E-state index in [2.05, 4.69) is 93.4 Å². The van der Waals surface area contributed by atoms with Crippen LogP contribution in [0.4, 0.5) is 0 Å². The van der Waals surface area contributed by atoms with Crippen molar-refractivity contribution in [2.24, 2.45) is 10.9 Å². The molecular weight excluding hydrogens is 452 g/mol. The molecule has 2 nitrogen and oxygen atoms in total. The van der Waals surface area contributed by atoms with Crippen molar-refractivity contribution in [1.29, 1.82) is 0 Å². The zero-order chi connectivity index (χ0) is 19.3. The molecular formula is C22H28Br2N2. The molecule has 1 aliphatic carbocycles. The van der Waals surface area contributed by atoms with Crippen molar-refractivity contribution in [2.75, 3.05) is 13.6 Å². The molecule has 0 heterocycles. The highest BCUT2D eigenvalue weighted by atomic mass is 79.9. The zero-order valence-corrected chi connectivity index (χ0v) is 19.3. The van der Waals surface area contributed by atoms with E-state index in [-0.39, 0.29) is 0 Å². The lowest BCUT2D eigenvalue weighted by Gasteiger charge is -2.12. The number of rotatable bonds is 7. The van der Waals surface area contributed by atoms with Gasteiger partial charge in [0.15, 0.2) is 0 Å². The van der Waals surface area contributed by atoms with Gasteiger partial charge >= 0.3 is 0 Å². The number of allylic oxidation sites excluding steroid dienone is 4. The van der Waals surface area contributed by atoms with Crippen LogP contribution < -0.4 is 0 Å². The number of halogens is 2. The maximum atomic E-state index is 4.62. The van der Waals surface area contributed by atoms with Crippen LogP contribution >= 0.6 is 31.9 Å². The van der Waals surface area contributed by atoms with E-state index in [9.17, 15) is 0 Å². The molecule has 0 fully saturated rings. The predicted molar refractivity (Wildman–Crippen MR) is 121 cm³/mol. The van der Waals surface area contributed by atoms with Gasteiger partial charge in [-0.1, -0.05) is 50.1 Å². The third-order valence-electron chi connectivity index (χ3n) is 4.73. The average molecular weight is 480 g/mol. The van der Waals surface area contributed by atoms with E-state index in [0.29, 0.717) is 5.92 Å². The Morgan fingerprint density at radius 3 is 2.65 bits per heavy atom. The summed E-state index contributed by atoms with van der Waals surface area (Å²) in [5, 5.41) is 0. The Balaban J connectivity index is 2.03. The number of hydrogen-bond donors (Lipinski definition) is 0. The highest BCUT2D eigenvalue weighted by Gasteiger charge is 2.22. The van der Waals surface area contributed by atoms with Crippen molar-refractivity contribution in [1.82, 2.24) is 4.90 Å². The molecule has 1 unspecified atom stereocenters. The van der Waals surface area contributed by atoms with Crippen LogP contribution in [0.1, 0.15) is 38.3 Å². The number of aliphatic imine (C=N–C) groups is 1. The summed E-state index contributed by atoms with van der Waals surface area (Å²) in [6, 6.07) is 6.63. The second-order valence-corrected chi connectivity index (χ2v) is 8.96. The van der Waals surface area contributed by atoms with Gasteiger partial charge < -0.3 is 4.90 Å². The summed E-state index contributed by atoms with van der Waals surface area (Å²) in [6.45, 7) is 11.5. The Morgan fingerprint density at radius 1 is 1.31 bits per heavy atom. The van der Waals surface area contributed by atoms with E-state index in [1.165, 1.54) is 21.2 Å². The van der Waals surface area contributed by atoms with Gasteiger partial charge in [-0.3, -0.25) is 0 Å². The third kappa shape index (κ3) is 5.95. The normalized spacial score (nSPS) is 16.7. The fraction of sp³-hybridized carbons (Fsp3) is 0.409. The SMILES string of the molecule is C=C(CC1Cc2ccc(Br)cc2C1)/C(Br)=C\C(/N=C/N(C)CC)=C(C)C. The minimum absolute atomic E-state index is 0.623. The van der Waals surface area contributed by atoms with E-state index in [0.717, 1.165) is 41.6 Å². The topological polar surface area (TPSA) is 15.6 Å². The molecule has 2 rings (SSSR count). The monoisotopic (exact) mass is 478 g/mol. The highest BCUT2D eigenvalue weighted by molar-refractivity contribution is 9.12. The van der Waals surface area contributed by atoms with Gasteiger partial charge in [0.25, 0.3) is 0 Å². The summed E-state index contributed by atoms with van der Waals surface area (Å²) in [5.41, 5.74) is 6.25. The van der Waals surface area contributed by atoms with Crippen LogP contribution in [0.15, 0.2) is 61.6 Å². The van der Waals surface area contributed by atoms with Gasteiger partial charge in [-0.25, -0.2) is 4.99 Å². The van der Waals surface area contributed by atoms with Crippen LogP contribution in [0.3, 0.4) is 0 Å². The largest absolute Gasteiger partial charge is 0.366 e. The molecule has 1 aromatic rings. The molecule has 0 bridgehead atoms. The molecule has 1 aliphatic rings. The van der Waals surface area contributed by atoms with Crippen LogP contribution in [0.2, 0.25) is 0 Å². The van der Waals surface area contributed by atoms with Crippen molar-refractivity contribution in [3.63, 3.8) is 0 Å². The van der Waals surface area contributed by atoms with Crippen LogP contribution in [0.25, 0.3) is 0 Å². The average Bonchev–Trinajstić information content (AvgIpc) is 2.98. The van der Waals surface area contributed by atoms with Crippen molar-refractivity contribution >= 4 is 38.2 Å². The fourth-order valence-corrected chi connectivity index (χ4v) is 3.83. The number of benzene rings is 1. The Hall–Kier alpha value is -1.13. The molecule has 0 spiro atoms. The molecule has 0 aliphatic heterocycles. The Bertz CT molecular complexity index is 755. The first-order valence-corrected chi connectivity index (χ1v) is 10.6. The lowest BCUT2D eigenvalue weighted by Crippen LogP contribution is -2.14. The van der Waals surface area contributed by atoms with Crippen LogP contribution in [0, 0.1) is 5.92 Å². The lowest BCUT2D eigenvalue weighted by atomic mass is 9.97. The smallest absolute Gasteiger partial charge is 0.0909 e. The van der Waals surface area contributed by atoms with Crippen LogP contribution in [0.5, 0.6) is 0 Å². The lowest BCUT2D eigenvalue weighted by molar-refractivity contribution is 0.551. The standard InChI is InChI=1S/C22H28Br2N2/c1-6-26(5)14-25-22(15(2)3)13-21(24)16(4)9-17-10-18-7-8-20(23)12-19(18)11-17/h7-8,12-14,17H,4,6,9-11H2,1-3,5H3/b21-13+,25-14+. The highest BCUT2D eigenvalue weighted by Crippen LogP contribution is 2.35. The Morgan fingerprint density at radius 2 is 2.00 bits per heavy atom. The summed E-state index contributed by atoms with van der Waals surface area (Å²) < 4.78 is 2.21. The van der Waals surface area contributed by atoms with E-state index < -0.39 is 0 Å². The van der Waals surface area contributed by atoms with Gasteiger partial charge in [-0.15, -0.1) is 0 Å². The minimum atomic E-state index is 0.623. The van der Waals surface area contributed by atoms with E-state index in [1.807, 2.05) is 13.4 Å². The quantitative estimate of drug-likeness (QED) is 0.242. The minimum Gasteiger partial charge on any atom is -0.366 e. The van der Waals surface area contributed by atoms with Gasteiger partial charge in [0.1, 0.15) is 0 Å². The zero-order valence-electron chi connectivity index (χ0n) is 16.1. The molecule has 0 N–H and O–H groups in total. The van der Waals surface area contributed by atoms with Crippen molar-refractivity contribution in [2.45, 2.75) is 40.0 Å². The summed E-state index contributed by atoms with van der Waals surface area (Å²) >= 11 is 7.30. The maximum absolute atomic E-state index is 4.62. The van der Waals surface area contributed by atoms with Gasteiger partial charge in [-0.05, 0) is 80.9 Å². The molecule has 26 heavy (non-hydrogen) atoms. The summed E-state index contributed by atoms with van der Waals surface area (Å²) in [4.78, 5) is 6.68. The molecule has 0 aromatic heterocycles. The molecule has 1 aromatic carbocycles. The molecule has 140 valence electrons. The van der Waals surface area contributed by atoms with Crippen LogP contribution in [-0.2, 0) is 12.8 Å². The van der Waals surface area contributed by atoms with Gasteiger partial charge in [-0.2, -0.15) is 0 Å². The van der Waals surface area contributed by atoms with E-state index in [1.54, 1.807) is 0 Å². The summed E-state index contributed by atoms with van der Waals surface area (Å²) in [5.74, 6) is 0.623. The molecule has 1 atom stereocenters. The second kappa shape index (κ2) is 9.70. The first-order chi connectivity index (χ1) is 12.3. The van der Waals surface area contributed by atoms with Crippen molar-refractivity contribution in [3.8, 4) is 0 Å². The molecule has 0 saturated carbocycles.